The molecular weight excluding hydrogens is 614 g/mol. The molecule has 1 aromatic heterocycles. The molecule has 6 rings (SSSR count). The average Bonchev–Trinajstić information content (AvgIpc) is 3.49. The summed E-state index contributed by atoms with van der Waals surface area (Å²) < 4.78 is 25.7. The minimum Gasteiger partial charge on any atom is -0.497 e. The number of benzene rings is 4. The highest BCUT2D eigenvalue weighted by molar-refractivity contribution is 7.81. The quantitative estimate of drug-likeness (QED) is 0.132. The molecule has 4 aromatic carbocycles. The fraction of sp³-hybridized carbons (Fsp3) is 0.216. The first-order chi connectivity index (χ1) is 22.9. The first-order valence-electron chi connectivity index (χ1n) is 15.2. The number of thiol groups is 1. The summed E-state index contributed by atoms with van der Waals surface area (Å²) in [5, 5.41) is 2.45. The summed E-state index contributed by atoms with van der Waals surface area (Å²) >= 11 is 4.85. The molecule has 0 radical (unpaired) electrons. The summed E-state index contributed by atoms with van der Waals surface area (Å²) in [4.78, 5) is 29.7. The van der Waals surface area contributed by atoms with Crippen molar-refractivity contribution in [2.24, 2.45) is 0 Å². The molecule has 9 nitrogen and oxygen atoms in total. The maximum absolute atomic E-state index is 13.1. The molecule has 1 aliphatic heterocycles. The maximum Gasteiger partial charge on any atom is 0.351 e. The number of nitrogens with one attached hydrogen (secondary N) is 1. The number of methoxy groups -OCH3 is 2. The fourth-order valence-electron chi connectivity index (χ4n) is 5.80. The van der Waals surface area contributed by atoms with Gasteiger partial charge in [0, 0.05) is 23.4 Å². The molecular formula is C37H35N3O6S. The van der Waals surface area contributed by atoms with Crippen LogP contribution in [0, 0.1) is 0 Å². The molecule has 1 saturated heterocycles. The van der Waals surface area contributed by atoms with Crippen molar-refractivity contribution in [2.45, 2.75) is 29.6 Å². The smallest absolute Gasteiger partial charge is 0.351 e. The van der Waals surface area contributed by atoms with E-state index in [1.807, 2.05) is 84.9 Å². The van der Waals surface area contributed by atoms with Crippen LogP contribution < -0.4 is 20.5 Å². The average molecular weight is 650 g/mol. The Kier molecular flexibility index (Phi) is 9.72. The van der Waals surface area contributed by atoms with Crippen LogP contribution in [0.1, 0.15) is 39.7 Å². The zero-order valence-corrected chi connectivity index (χ0v) is 26.9. The van der Waals surface area contributed by atoms with Gasteiger partial charge in [0.25, 0.3) is 5.91 Å². The highest BCUT2D eigenvalue weighted by Gasteiger charge is 2.41. The van der Waals surface area contributed by atoms with Gasteiger partial charge in [-0.05, 0) is 59.2 Å². The van der Waals surface area contributed by atoms with E-state index in [4.69, 9.17) is 31.6 Å². The van der Waals surface area contributed by atoms with E-state index in [1.165, 1.54) is 4.57 Å². The standard InChI is InChI=1S/C37H35N3O6S/c1-43-29-17-13-27(14-18-29)37(26-11-7-4-8-12-26,28-15-19-30(44-2)20-16-28)45-24-31-32(47)23-34(46-31)40-22-21-33(39-36(40)42)38-35(41)25-9-5-3-6-10-25/h3-22,31-32,34,47H,23-24H2,1-2H3,(H,38,39,41,42)/t31-,32+,34-/m1/s1. The molecule has 0 unspecified atom stereocenters. The second-order valence-electron chi connectivity index (χ2n) is 11.1. The number of nitrogens with zero attached hydrogens (tertiary/aromatic N) is 2. The molecule has 3 atom stereocenters. The van der Waals surface area contributed by atoms with E-state index in [-0.39, 0.29) is 23.6 Å². The number of rotatable bonds is 11. The van der Waals surface area contributed by atoms with Gasteiger partial charge in [0.05, 0.1) is 26.9 Å². The number of carbonyl (C=O) groups excluding carboxylic acids is 1. The van der Waals surface area contributed by atoms with E-state index in [1.54, 1.807) is 50.7 Å². The van der Waals surface area contributed by atoms with E-state index in [2.05, 4.69) is 10.3 Å². The molecule has 5 aromatic rings. The number of anilines is 1. The Balaban J connectivity index is 1.26. The molecule has 1 N–H and O–H groups in total. The molecule has 1 fully saturated rings. The lowest BCUT2D eigenvalue weighted by molar-refractivity contribution is -0.0764. The van der Waals surface area contributed by atoms with Crippen LogP contribution in [0.4, 0.5) is 5.82 Å². The third-order valence-corrected chi connectivity index (χ3v) is 8.80. The highest BCUT2D eigenvalue weighted by atomic mass is 32.1. The Labute approximate surface area is 278 Å². The maximum atomic E-state index is 13.1. The van der Waals surface area contributed by atoms with Gasteiger partial charge < -0.3 is 24.3 Å². The zero-order valence-electron chi connectivity index (χ0n) is 26.0. The van der Waals surface area contributed by atoms with Gasteiger partial charge in [-0.25, -0.2) is 4.79 Å². The fourth-order valence-corrected chi connectivity index (χ4v) is 6.13. The van der Waals surface area contributed by atoms with Crippen molar-refractivity contribution in [2.75, 3.05) is 26.1 Å². The van der Waals surface area contributed by atoms with Gasteiger partial charge in [-0.15, -0.1) is 0 Å². The molecule has 240 valence electrons. The first-order valence-corrected chi connectivity index (χ1v) is 15.7. The van der Waals surface area contributed by atoms with Gasteiger partial charge in [0.2, 0.25) is 0 Å². The number of ether oxygens (including phenoxy) is 4. The van der Waals surface area contributed by atoms with Crippen molar-refractivity contribution < 1.29 is 23.7 Å². The summed E-state index contributed by atoms with van der Waals surface area (Å²) in [6.07, 6.45) is 0.968. The predicted molar refractivity (Wildman–Crippen MR) is 182 cm³/mol. The third kappa shape index (κ3) is 6.80. The van der Waals surface area contributed by atoms with E-state index in [9.17, 15) is 9.59 Å². The van der Waals surface area contributed by atoms with Crippen LogP contribution in [-0.2, 0) is 15.1 Å². The van der Waals surface area contributed by atoms with Gasteiger partial charge in [-0.2, -0.15) is 17.6 Å². The monoisotopic (exact) mass is 649 g/mol. The van der Waals surface area contributed by atoms with Crippen LogP contribution in [0.5, 0.6) is 11.5 Å². The van der Waals surface area contributed by atoms with E-state index < -0.39 is 23.6 Å². The molecule has 1 amide bonds. The van der Waals surface area contributed by atoms with Crippen molar-refractivity contribution >= 4 is 24.4 Å². The summed E-state index contributed by atoms with van der Waals surface area (Å²) in [7, 11) is 3.27. The number of hydrogen-bond donors (Lipinski definition) is 2. The Morgan fingerprint density at radius 1 is 0.851 bits per heavy atom. The van der Waals surface area contributed by atoms with Gasteiger partial charge >= 0.3 is 5.69 Å². The summed E-state index contributed by atoms with van der Waals surface area (Å²) in [6, 6.07) is 35.9. The normalized spacial score (nSPS) is 17.6. The summed E-state index contributed by atoms with van der Waals surface area (Å²) in [5.74, 6) is 1.27. The molecule has 0 spiro atoms. The number of carbonyl (C=O) groups is 1. The molecule has 0 saturated carbocycles. The van der Waals surface area contributed by atoms with Gasteiger partial charge in [-0.1, -0.05) is 72.8 Å². The Morgan fingerprint density at radius 2 is 1.40 bits per heavy atom. The van der Waals surface area contributed by atoms with Crippen LogP contribution in [0.2, 0.25) is 0 Å². The Bertz CT molecular complexity index is 1800. The molecule has 10 heteroatoms. The van der Waals surface area contributed by atoms with Gasteiger partial charge in [-0.3, -0.25) is 9.36 Å². The molecule has 47 heavy (non-hydrogen) atoms. The lowest BCUT2D eigenvalue weighted by Gasteiger charge is -2.37. The van der Waals surface area contributed by atoms with Crippen LogP contribution in [0.15, 0.2) is 126 Å². The van der Waals surface area contributed by atoms with E-state index in [0.29, 0.717) is 12.0 Å². The van der Waals surface area contributed by atoms with Crippen molar-refractivity contribution in [3.63, 3.8) is 0 Å². The number of hydrogen-bond acceptors (Lipinski definition) is 8. The van der Waals surface area contributed by atoms with Crippen LogP contribution in [-0.4, -0.2) is 47.6 Å². The second kappa shape index (κ2) is 14.3. The summed E-state index contributed by atoms with van der Waals surface area (Å²) in [6.45, 7) is 0.172. The summed E-state index contributed by atoms with van der Waals surface area (Å²) in [5.41, 5.74) is 1.62. The minimum atomic E-state index is -1.02. The van der Waals surface area contributed by atoms with Gasteiger partial charge in [0.15, 0.2) is 0 Å². The van der Waals surface area contributed by atoms with E-state index >= 15 is 0 Å². The molecule has 0 aliphatic carbocycles. The van der Waals surface area contributed by atoms with Crippen molar-refractivity contribution in [1.82, 2.24) is 9.55 Å². The van der Waals surface area contributed by atoms with E-state index in [0.717, 1.165) is 28.2 Å². The van der Waals surface area contributed by atoms with Crippen LogP contribution in [0.3, 0.4) is 0 Å². The topological polar surface area (TPSA) is 101 Å². The van der Waals surface area contributed by atoms with Gasteiger partial charge in [0.1, 0.15) is 29.1 Å². The van der Waals surface area contributed by atoms with Crippen molar-refractivity contribution in [1.29, 1.82) is 0 Å². The van der Waals surface area contributed by atoms with Crippen LogP contribution in [0.25, 0.3) is 0 Å². The number of amides is 1. The van der Waals surface area contributed by atoms with Crippen molar-refractivity contribution in [3.8, 4) is 11.5 Å². The van der Waals surface area contributed by atoms with Crippen molar-refractivity contribution in [3.05, 3.63) is 154 Å². The first kappa shape index (κ1) is 32.1. The Morgan fingerprint density at radius 3 is 1.96 bits per heavy atom. The highest BCUT2D eigenvalue weighted by Crippen LogP contribution is 2.43. The third-order valence-electron chi connectivity index (χ3n) is 8.26. The predicted octanol–water partition coefficient (Wildman–Crippen LogP) is 6.11. The lowest BCUT2D eigenvalue weighted by atomic mass is 9.80. The van der Waals surface area contributed by atoms with Crippen LogP contribution >= 0.6 is 12.6 Å². The molecule has 0 bridgehead atoms. The Hall–Kier alpha value is -4.90. The second-order valence-corrected chi connectivity index (χ2v) is 11.7. The lowest BCUT2D eigenvalue weighted by Crippen LogP contribution is -2.37. The molecule has 1 aliphatic rings. The largest absolute Gasteiger partial charge is 0.497 e. The minimum absolute atomic E-state index is 0.159. The SMILES string of the molecule is COc1ccc(C(OC[C@H]2O[C@@H](n3ccc(NC(=O)c4ccccc4)nc3=O)C[C@@H]2S)(c2ccccc2)c2ccc(OC)cc2)cc1. The number of aromatic nitrogens is 2. The molecule has 2 heterocycles. The zero-order chi connectivity index (χ0) is 32.8.